The topological polar surface area (TPSA) is 109 Å². The number of hydrogen-bond donors (Lipinski definition) is 3. The van der Waals surface area contributed by atoms with Gasteiger partial charge in [-0.05, 0) is 30.7 Å². The molecule has 27 heavy (non-hydrogen) atoms. The van der Waals surface area contributed by atoms with Crippen LogP contribution in [0.5, 0.6) is 5.75 Å². The summed E-state index contributed by atoms with van der Waals surface area (Å²) in [7, 11) is 0. The van der Waals surface area contributed by atoms with Crippen molar-refractivity contribution in [2.24, 2.45) is 0 Å². The lowest BCUT2D eigenvalue weighted by Gasteiger charge is -2.08. The lowest BCUT2D eigenvalue weighted by Crippen LogP contribution is -2.11. The van der Waals surface area contributed by atoms with Crippen LogP contribution in [0.15, 0.2) is 47.3 Å². The molecule has 3 aromatic rings. The molecule has 0 spiro atoms. The maximum absolute atomic E-state index is 11.5. The van der Waals surface area contributed by atoms with Crippen LogP contribution in [-0.2, 0) is 11.3 Å². The Bertz CT molecular complexity index is 961. The second-order valence-electron chi connectivity index (χ2n) is 5.77. The van der Waals surface area contributed by atoms with Crippen molar-refractivity contribution < 1.29 is 29.0 Å². The smallest absolute Gasteiger partial charge is 0.349 e. The molecule has 0 radical (unpaired) electrons. The Morgan fingerprint density at radius 1 is 1.26 bits per heavy atom. The molecule has 0 unspecified atom stereocenters. The van der Waals surface area contributed by atoms with Crippen LogP contribution >= 0.6 is 11.3 Å². The molecule has 3 rings (SSSR count). The second-order valence-corrected chi connectivity index (χ2v) is 6.79. The SMILES string of the molecule is Cc1c(-c2cccc(NCc3ccoc3)c2)sc(C(=O)O)c1OCC(=O)O. The van der Waals surface area contributed by atoms with Crippen molar-refractivity contribution in [2.75, 3.05) is 11.9 Å². The van der Waals surface area contributed by atoms with Crippen LogP contribution in [0.2, 0.25) is 0 Å². The maximum Gasteiger partial charge on any atom is 0.349 e. The largest absolute Gasteiger partial charge is 0.480 e. The number of rotatable bonds is 8. The molecule has 0 aliphatic carbocycles. The molecule has 2 heterocycles. The molecule has 140 valence electrons. The monoisotopic (exact) mass is 387 g/mol. The van der Waals surface area contributed by atoms with Gasteiger partial charge in [0.1, 0.15) is 5.75 Å². The molecule has 0 aliphatic heterocycles. The molecule has 0 saturated carbocycles. The van der Waals surface area contributed by atoms with E-state index in [4.69, 9.17) is 14.3 Å². The number of benzene rings is 1. The van der Waals surface area contributed by atoms with Gasteiger partial charge >= 0.3 is 11.9 Å². The van der Waals surface area contributed by atoms with Gasteiger partial charge in [-0.15, -0.1) is 11.3 Å². The van der Waals surface area contributed by atoms with E-state index in [2.05, 4.69) is 5.32 Å². The first-order valence-corrected chi connectivity index (χ1v) is 8.84. The summed E-state index contributed by atoms with van der Waals surface area (Å²) < 4.78 is 10.3. The highest BCUT2D eigenvalue weighted by Gasteiger charge is 2.23. The molecule has 0 aliphatic rings. The Morgan fingerprint density at radius 2 is 2.07 bits per heavy atom. The second kappa shape index (κ2) is 7.96. The molecule has 2 aromatic heterocycles. The molecule has 1 aromatic carbocycles. The third-order valence-electron chi connectivity index (χ3n) is 3.83. The van der Waals surface area contributed by atoms with E-state index >= 15 is 0 Å². The number of carboxylic acids is 2. The minimum absolute atomic E-state index is 0.0134. The molecule has 7 nitrogen and oxygen atoms in total. The van der Waals surface area contributed by atoms with E-state index in [1.165, 1.54) is 0 Å². The highest BCUT2D eigenvalue weighted by molar-refractivity contribution is 7.18. The number of carbonyl (C=O) groups is 2. The maximum atomic E-state index is 11.5. The van der Waals surface area contributed by atoms with E-state index in [0.717, 1.165) is 33.0 Å². The van der Waals surface area contributed by atoms with E-state index in [-0.39, 0.29) is 10.6 Å². The fourth-order valence-electron chi connectivity index (χ4n) is 2.59. The molecule has 0 fully saturated rings. The Hall–Kier alpha value is -3.26. The van der Waals surface area contributed by atoms with Crippen molar-refractivity contribution in [2.45, 2.75) is 13.5 Å². The summed E-state index contributed by atoms with van der Waals surface area (Å²) in [5, 5.41) is 21.5. The Balaban J connectivity index is 1.89. The number of carboxylic acid groups (broad SMARTS) is 2. The van der Waals surface area contributed by atoms with Gasteiger partial charge in [0.05, 0.1) is 12.5 Å². The van der Waals surface area contributed by atoms with Crippen LogP contribution in [0.1, 0.15) is 20.8 Å². The Labute approximate surface area is 158 Å². The number of nitrogens with one attached hydrogen (secondary N) is 1. The highest BCUT2D eigenvalue weighted by Crippen LogP contribution is 2.42. The predicted molar refractivity (Wildman–Crippen MR) is 101 cm³/mol. The third-order valence-corrected chi connectivity index (χ3v) is 5.14. The number of thiophene rings is 1. The first-order chi connectivity index (χ1) is 13.0. The van der Waals surface area contributed by atoms with Gasteiger partial charge in [-0.3, -0.25) is 0 Å². The van der Waals surface area contributed by atoms with Gasteiger partial charge in [-0.2, -0.15) is 0 Å². The van der Waals surface area contributed by atoms with E-state index in [9.17, 15) is 14.7 Å². The van der Waals surface area contributed by atoms with Crippen LogP contribution in [0, 0.1) is 6.92 Å². The lowest BCUT2D eigenvalue weighted by atomic mass is 10.1. The van der Waals surface area contributed by atoms with Gasteiger partial charge in [0.15, 0.2) is 11.5 Å². The van der Waals surface area contributed by atoms with Crippen molar-refractivity contribution in [3.8, 4) is 16.2 Å². The molecular formula is C19H17NO6S. The number of aromatic carboxylic acids is 1. The summed E-state index contributed by atoms with van der Waals surface area (Å²) in [6, 6.07) is 9.42. The molecular weight excluding hydrogens is 370 g/mol. The summed E-state index contributed by atoms with van der Waals surface area (Å²) in [6.45, 7) is 1.72. The summed E-state index contributed by atoms with van der Waals surface area (Å²) in [5.41, 5.74) is 3.30. The zero-order valence-corrected chi connectivity index (χ0v) is 15.2. The first kappa shape index (κ1) is 18.5. The zero-order valence-electron chi connectivity index (χ0n) is 14.4. The van der Waals surface area contributed by atoms with Crippen LogP contribution in [0.25, 0.3) is 10.4 Å². The first-order valence-electron chi connectivity index (χ1n) is 8.02. The minimum Gasteiger partial charge on any atom is -0.480 e. The molecule has 0 saturated heterocycles. The average molecular weight is 387 g/mol. The summed E-state index contributed by atoms with van der Waals surface area (Å²) in [6.07, 6.45) is 3.26. The van der Waals surface area contributed by atoms with Gasteiger partial charge in [-0.25, -0.2) is 9.59 Å². The number of furan rings is 1. The van der Waals surface area contributed by atoms with Crippen molar-refractivity contribution in [1.29, 1.82) is 0 Å². The minimum atomic E-state index is -1.16. The van der Waals surface area contributed by atoms with Crippen LogP contribution < -0.4 is 10.1 Å². The molecule has 0 bridgehead atoms. The molecule has 3 N–H and O–H groups in total. The predicted octanol–water partition coefficient (Wildman–Crippen LogP) is 4.09. The number of aliphatic carboxylic acids is 1. The number of ether oxygens (including phenoxy) is 1. The van der Waals surface area contributed by atoms with Crippen LogP contribution in [0.3, 0.4) is 0 Å². The van der Waals surface area contributed by atoms with Crippen molar-refractivity contribution >= 4 is 29.0 Å². The number of hydrogen-bond acceptors (Lipinski definition) is 6. The van der Waals surface area contributed by atoms with E-state index in [0.29, 0.717) is 12.1 Å². The van der Waals surface area contributed by atoms with E-state index in [1.54, 1.807) is 19.5 Å². The van der Waals surface area contributed by atoms with E-state index in [1.807, 2.05) is 30.3 Å². The normalized spacial score (nSPS) is 10.6. The number of anilines is 1. The molecule has 0 amide bonds. The highest BCUT2D eigenvalue weighted by atomic mass is 32.1. The Morgan fingerprint density at radius 3 is 2.74 bits per heavy atom. The lowest BCUT2D eigenvalue weighted by molar-refractivity contribution is -0.139. The summed E-state index contributed by atoms with van der Waals surface area (Å²) in [4.78, 5) is 23.0. The van der Waals surface area contributed by atoms with Crippen molar-refractivity contribution in [3.63, 3.8) is 0 Å². The van der Waals surface area contributed by atoms with Gasteiger partial charge < -0.3 is 24.7 Å². The third kappa shape index (κ3) is 4.29. The van der Waals surface area contributed by atoms with E-state index < -0.39 is 18.5 Å². The van der Waals surface area contributed by atoms with Crippen LogP contribution in [-0.4, -0.2) is 28.8 Å². The van der Waals surface area contributed by atoms with Gasteiger partial charge in [-0.1, -0.05) is 12.1 Å². The van der Waals surface area contributed by atoms with Gasteiger partial charge in [0.2, 0.25) is 0 Å². The van der Waals surface area contributed by atoms with Crippen molar-refractivity contribution in [1.82, 2.24) is 0 Å². The summed E-state index contributed by atoms with van der Waals surface area (Å²) >= 11 is 1.06. The molecule has 0 atom stereocenters. The Kier molecular flexibility index (Phi) is 5.46. The van der Waals surface area contributed by atoms with Crippen LogP contribution in [0.4, 0.5) is 5.69 Å². The average Bonchev–Trinajstić information content (AvgIpc) is 3.26. The summed E-state index contributed by atoms with van der Waals surface area (Å²) in [5.74, 6) is -2.21. The zero-order chi connectivity index (χ0) is 19.4. The quantitative estimate of drug-likeness (QED) is 0.534. The fourth-order valence-corrected chi connectivity index (χ4v) is 3.68. The standard InChI is InChI=1S/C19H17NO6S/c1-11-16(26-10-15(21)22)18(19(23)24)27-17(11)13-3-2-4-14(7-13)20-8-12-5-6-25-9-12/h2-7,9,20H,8,10H2,1H3,(H,21,22)(H,23,24). The van der Waals surface area contributed by atoms with Gasteiger partial charge in [0.25, 0.3) is 0 Å². The fraction of sp³-hybridized carbons (Fsp3) is 0.158. The van der Waals surface area contributed by atoms with Gasteiger partial charge in [0, 0.05) is 28.2 Å². The van der Waals surface area contributed by atoms with Crippen molar-refractivity contribution in [3.05, 3.63) is 58.9 Å². The molecule has 8 heteroatoms.